The molecule has 0 spiro atoms. The first kappa shape index (κ1) is 13.2. The van der Waals surface area contributed by atoms with Gasteiger partial charge < -0.3 is 10.4 Å². The maximum Gasteiger partial charge on any atom is 0.253 e. The first-order valence-corrected chi connectivity index (χ1v) is 5.91. The minimum absolute atomic E-state index is 0.323. The number of rotatable bonds is 4. The van der Waals surface area contributed by atoms with E-state index in [0.717, 1.165) is 0 Å². The third-order valence-electron chi connectivity index (χ3n) is 2.71. The van der Waals surface area contributed by atoms with Gasteiger partial charge in [0.05, 0.1) is 0 Å². The molecule has 0 bridgehead atoms. The van der Waals surface area contributed by atoms with Crippen LogP contribution in [0.5, 0.6) is 0 Å². The number of aliphatic hydroxyl groups is 1. The molecule has 0 radical (unpaired) electrons. The van der Waals surface area contributed by atoms with Crippen LogP contribution in [0.3, 0.4) is 0 Å². The molecule has 0 saturated carbocycles. The molecule has 1 amide bonds. The SMILES string of the molecule is O=C(NC(O)C(F)c1ccccc1)c1ccccc1. The number of hydrogen-bond donors (Lipinski definition) is 2. The number of benzene rings is 2. The number of halogens is 1. The zero-order valence-corrected chi connectivity index (χ0v) is 10.2. The van der Waals surface area contributed by atoms with Gasteiger partial charge >= 0.3 is 0 Å². The average molecular weight is 259 g/mol. The highest BCUT2D eigenvalue weighted by atomic mass is 19.1. The summed E-state index contributed by atoms with van der Waals surface area (Å²) >= 11 is 0. The van der Waals surface area contributed by atoms with Crippen molar-refractivity contribution in [2.24, 2.45) is 0 Å². The molecule has 0 saturated heterocycles. The smallest absolute Gasteiger partial charge is 0.253 e. The minimum Gasteiger partial charge on any atom is -0.370 e. The fourth-order valence-electron chi connectivity index (χ4n) is 1.70. The van der Waals surface area contributed by atoms with E-state index < -0.39 is 18.3 Å². The summed E-state index contributed by atoms with van der Waals surface area (Å²) in [6.07, 6.45) is -3.23. The topological polar surface area (TPSA) is 49.3 Å². The minimum atomic E-state index is -1.66. The highest BCUT2D eigenvalue weighted by molar-refractivity contribution is 5.94. The number of alkyl halides is 1. The Morgan fingerprint density at radius 3 is 2.11 bits per heavy atom. The van der Waals surface area contributed by atoms with E-state index in [2.05, 4.69) is 5.32 Å². The zero-order chi connectivity index (χ0) is 13.7. The number of nitrogens with one attached hydrogen (secondary N) is 1. The number of aliphatic hydroxyl groups excluding tert-OH is 1. The van der Waals surface area contributed by atoms with Crippen molar-refractivity contribution < 1.29 is 14.3 Å². The van der Waals surface area contributed by atoms with Crippen molar-refractivity contribution in [1.82, 2.24) is 5.32 Å². The Bertz CT molecular complexity index is 530. The van der Waals surface area contributed by atoms with Gasteiger partial charge in [0.25, 0.3) is 5.91 Å². The molecular weight excluding hydrogens is 245 g/mol. The second-order valence-corrected chi connectivity index (χ2v) is 4.10. The fourth-order valence-corrected chi connectivity index (χ4v) is 1.70. The van der Waals surface area contributed by atoms with Gasteiger partial charge in [0, 0.05) is 5.56 Å². The molecule has 2 aromatic carbocycles. The Morgan fingerprint density at radius 2 is 1.53 bits per heavy atom. The average Bonchev–Trinajstić information content (AvgIpc) is 2.48. The summed E-state index contributed by atoms with van der Waals surface area (Å²) in [7, 11) is 0. The van der Waals surface area contributed by atoms with E-state index >= 15 is 0 Å². The first-order valence-electron chi connectivity index (χ1n) is 5.91. The van der Waals surface area contributed by atoms with Crippen LogP contribution in [0.25, 0.3) is 0 Å². The molecule has 0 aromatic heterocycles. The summed E-state index contributed by atoms with van der Waals surface area (Å²) in [4.78, 5) is 11.8. The van der Waals surface area contributed by atoms with Gasteiger partial charge in [-0.1, -0.05) is 48.5 Å². The zero-order valence-electron chi connectivity index (χ0n) is 10.2. The normalized spacial score (nSPS) is 13.6. The van der Waals surface area contributed by atoms with E-state index in [-0.39, 0.29) is 0 Å². The van der Waals surface area contributed by atoms with Gasteiger partial charge in [-0.2, -0.15) is 0 Å². The van der Waals surface area contributed by atoms with E-state index in [1.54, 1.807) is 60.7 Å². The van der Waals surface area contributed by atoms with Gasteiger partial charge in [-0.15, -0.1) is 0 Å². The van der Waals surface area contributed by atoms with Crippen LogP contribution >= 0.6 is 0 Å². The van der Waals surface area contributed by atoms with Crippen LogP contribution in [0.1, 0.15) is 22.1 Å². The second-order valence-electron chi connectivity index (χ2n) is 4.10. The van der Waals surface area contributed by atoms with Crippen molar-refractivity contribution in [3.63, 3.8) is 0 Å². The largest absolute Gasteiger partial charge is 0.370 e. The van der Waals surface area contributed by atoms with E-state index in [1.807, 2.05) is 0 Å². The van der Waals surface area contributed by atoms with E-state index in [0.29, 0.717) is 11.1 Å². The first-order chi connectivity index (χ1) is 9.18. The van der Waals surface area contributed by atoms with E-state index in [9.17, 15) is 14.3 Å². The number of amides is 1. The molecule has 2 unspecified atom stereocenters. The lowest BCUT2D eigenvalue weighted by Crippen LogP contribution is -2.37. The molecule has 0 aliphatic carbocycles. The highest BCUT2D eigenvalue weighted by Gasteiger charge is 2.22. The molecule has 2 N–H and O–H groups in total. The Labute approximate surface area is 110 Å². The van der Waals surface area contributed by atoms with Crippen molar-refractivity contribution >= 4 is 5.91 Å². The van der Waals surface area contributed by atoms with Crippen molar-refractivity contribution in [2.75, 3.05) is 0 Å². The lowest BCUT2D eigenvalue weighted by Gasteiger charge is -2.17. The second kappa shape index (κ2) is 6.11. The molecule has 98 valence electrons. The molecule has 2 rings (SSSR count). The Morgan fingerprint density at radius 1 is 1.00 bits per heavy atom. The third kappa shape index (κ3) is 3.39. The predicted molar refractivity (Wildman–Crippen MR) is 70.2 cm³/mol. The Balaban J connectivity index is 2.02. The summed E-state index contributed by atoms with van der Waals surface area (Å²) < 4.78 is 13.9. The lowest BCUT2D eigenvalue weighted by molar-refractivity contribution is 0.0421. The van der Waals surface area contributed by atoms with Crippen LogP contribution in [-0.2, 0) is 0 Å². The summed E-state index contributed by atoms with van der Waals surface area (Å²) in [6, 6.07) is 16.6. The molecule has 2 atom stereocenters. The van der Waals surface area contributed by atoms with Gasteiger partial charge in [-0.3, -0.25) is 4.79 Å². The van der Waals surface area contributed by atoms with Crippen molar-refractivity contribution in [3.8, 4) is 0 Å². The number of carbonyl (C=O) groups is 1. The third-order valence-corrected chi connectivity index (χ3v) is 2.71. The van der Waals surface area contributed by atoms with Crippen molar-refractivity contribution in [1.29, 1.82) is 0 Å². The summed E-state index contributed by atoms with van der Waals surface area (Å²) in [5.41, 5.74) is 0.699. The maximum absolute atomic E-state index is 13.9. The number of hydrogen-bond acceptors (Lipinski definition) is 2. The van der Waals surface area contributed by atoms with Gasteiger partial charge in [0.15, 0.2) is 12.4 Å². The Hall–Kier alpha value is -2.20. The van der Waals surface area contributed by atoms with Crippen LogP contribution < -0.4 is 5.32 Å². The quantitative estimate of drug-likeness (QED) is 0.829. The Kier molecular flexibility index (Phi) is 4.26. The molecule has 4 heteroatoms. The van der Waals surface area contributed by atoms with E-state index in [4.69, 9.17) is 0 Å². The van der Waals surface area contributed by atoms with Crippen LogP contribution in [0, 0.1) is 0 Å². The summed E-state index contributed by atoms with van der Waals surface area (Å²) in [5, 5.41) is 11.9. The highest BCUT2D eigenvalue weighted by Crippen LogP contribution is 2.19. The molecule has 0 fully saturated rings. The van der Waals surface area contributed by atoms with Gasteiger partial charge in [-0.05, 0) is 17.7 Å². The van der Waals surface area contributed by atoms with E-state index in [1.165, 1.54) is 0 Å². The predicted octanol–water partition coefficient (Wildman–Crippen LogP) is 2.45. The van der Waals surface area contributed by atoms with Crippen LogP contribution in [0.2, 0.25) is 0 Å². The maximum atomic E-state index is 13.9. The van der Waals surface area contributed by atoms with Crippen LogP contribution in [0.4, 0.5) is 4.39 Å². The van der Waals surface area contributed by atoms with Crippen molar-refractivity contribution in [2.45, 2.75) is 12.4 Å². The van der Waals surface area contributed by atoms with Crippen LogP contribution in [-0.4, -0.2) is 17.2 Å². The summed E-state index contributed by atoms with van der Waals surface area (Å²) in [5.74, 6) is -0.508. The van der Waals surface area contributed by atoms with Gasteiger partial charge in [-0.25, -0.2) is 4.39 Å². The van der Waals surface area contributed by atoms with Gasteiger partial charge in [0.2, 0.25) is 0 Å². The number of carbonyl (C=O) groups excluding carboxylic acids is 1. The molecule has 0 aliphatic rings. The standard InChI is InChI=1S/C15H14FNO2/c16-13(11-7-3-1-4-8-11)15(19)17-14(18)12-9-5-2-6-10-12/h1-10,13,15,19H,(H,17,18). The molecule has 2 aromatic rings. The van der Waals surface area contributed by atoms with Gasteiger partial charge in [0.1, 0.15) is 0 Å². The van der Waals surface area contributed by atoms with Crippen LogP contribution in [0.15, 0.2) is 60.7 Å². The molecule has 0 aliphatic heterocycles. The molecule has 19 heavy (non-hydrogen) atoms. The fraction of sp³-hybridized carbons (Fsp3) is 0.133. The van der Waals surface area contributed by atoms with Crippen molar-refractivity contribution in [3.05, 3.63) is 71.8 Å². The summed E-state index contributed by atoms with van der Waals surface area (Å²) in [6.45, 7) is 0. The lowest BCUT2D eigenvalue weighted by atomic mass is 10.1. The molecule has 3 nitrogen and oxygen atoms in total. The molecule has 0 heterocycles. The molecular formula is C15H14FNO2. The monoisotopic (exact) mass is 259 g/mol.